The molecule has 0 atom stereocenters. The van der Waals surface area contributed by atoms with E-state index in [2.05, 4.69) is 0 Å². The van der Waals surface area contributed by atoms with Crippen LogP contribution in [0.25, 0.3) is 0 Å². The van der Waals surface area contributed by atoms with Gasteiger partial charge in [0.05, 0.1) is 25.2 Å². The quantitative estimate of drug-likeness (QED) is 0.405. The maximum Gasteiger partial charge on any atom is 0.307 e. The van der Waals surface area contributed by atoms with Gasteiger partial charge in [-0.1, -0.05) is 32.4 Å². The number of aromatic hydroxyl groups is 1. The molecule has 0 heterocycles. The summed E-state index contributed by atoms with van der Waals surface area (Å²) >= 11 is 0. The van der Waals surface area contributed by atoms with Gasteiger partial charge in [0.25, 0.3) is 0 Å². The van der Waals surface area contributed by atoms with Gasteiger partial charge in [-0.25, -0.2) is 0 Å². The number of Topliss-reactive ketones (excluding diaryl/α,β-unsaturated/α-hetero) is 1. The number of hydrogen-bond acceptors (Lipinski definition) is 5. The third-order valence-electron chi connectivity index (χ3n) is 4.45. The second-order valence-corrected chi connectivity index (χ2v) is 6.73. The van der Waals surface area contributed by atoms with E-state index < -0.39 is 5.97 Å². The summed E-state index contributed by atoms with van der Waals surface area (Å²) in [7, 11) is 0. The number of ether oxygens (including phenoxy) is 2. The molecule has 6 nitrogen and oxygen atoms in total. The molecule has 0 saturated carbocycles. The Morgan fingerprint density at radius 2 is 1.66 bits per heavy atom. The zero-order valence-electron chi connectivity index (χ0n) is 16.9. The number of hydrogen-bond donors (Lipinski definition) is 2. The fraction of sp³-hybridized carbons (Fsp3) is 0.391. The zero-order valence-corrected chi connectivity index (χ0v) is 16.9. The molecule has 0 radical (unpaired) electrons. The molecule has 0 aliphatic heterocycles. The molecule has 0 bridgehead atoms. The normalized spacial score (nSPS) is 10.6. The highest BCUT2D eigenvalue weighted by Crippen LogP contribution is 2.33. The number of phenols is 1. The molecule has 6 heteroatoms. The third kappa shape index (κ3) is 6.52. The molecule has 0 spiro atoms. The molecule has 2 aromatic carbocycles. The van der Waals surface area contributed by atoms with E-state index in [1.54, 1.807) is 43.3 Å². The van der Waals surface area contributed by atoms with Crippen LogP contribution in [0, 0.1) is 0 Å². The average molecular weight is 400 g/mol. The molecular formula is C23H28O6. The van der Waals surface area contributed by atoms with Gasteiger partial charge < -0.3 is 19.7 Å². The van der Waals surface area contributed by atoms with Gasteiger partial charge in [-0.15, -0.1) is 0 Å². The zero-order chi connectivity index (χ0) is 21.2. The van der Waals surface area contributed by atoms with E-state index in [0.717, 1.165) is 12.0 Å². The minimum atomic E-state index is -0.864. The van der Waals surface area contributed by atoms with Gasteiger partial charge in [0, 0.05) is 18.4 Å². The summed E-state index contributed by atoms with van der Waals surface area (Å²) in [4.78, 5) is 22.7. The van der Waals surface area contributed by atoms with Gasteiger partial charge in [-0.2, -0.15) is 0 Å². The molecule has 2 rings (SSSR count). The number of carbonyl (C=O) groups excluding carboxylic acids is 1. The summed E-state index contributed by atoms with van der Waals surface area (Å²) in [5.41, 5.74) is 1.74. The van der Waals surface area contributed by atoms with Crippen molar-refractivity contribution in [1.82, 2.24) is 0 Å². The molecule has 2 aromatic rings. The number of carboxylic acids is 1. The van der Waals surface area contributed by atoms with Crippen LogP contribution in [-0.4, -0.2) is 35.2 Å². The minimum absolute atomic E-state index is 0.0102. The van der Waals surface area contributed by atoms with Crippen LogP contribution >= 0.6 is 0 Å². The van der Waals surface area contributed by atoms with Crippen molar-refractivity contribution in [3.63, 3.8) is 0 Å². The van der Waals surface area contributed by atoms with Crippen LogP contribution in [0.2, 0.25) is 0 Å². The van der Waals surface area contributed by atoms with Crippen LogP contribution < -0.4 is 9.47 Å². The van der Waals surface area contributed by atoms with Crippen molar-refractivity contribution >= 4 is 11.8 Å². The van der Waals surface area contributed by atoms with Crippen molar-refractivity contribution < 1.29 is 29.3 Å². The summed E-state index contributed by atoms with van der Waals surface area (Å²) in [6, 6.07) is 10.3. The summed E-state index contributed by atoms with van der Waals surface area (Å²) in [5.74, 6) is 0.334. The van der Waals surface area contributed by atoms with E-state index in [1.165, 1.54) is 0 Å². The molecule has 0 saturated heterocycles. The topological polar surface area (TPSA) is 93.1 Å². The highest BCUT2D eigenvalue weighted by Gasteiger charge is 2.17. The fourth-order valence-electron chi connectivity index (χ4n) is 2.97. The molecule has 0 fully saturated rings. The van der Waals surface area contributed by atoms with Gasteiger partial charge in [0.2, 0.25) is 0 Å². The van der Waals surface area contributed by atoms with E-state index in [4.69, 9.17) is 14.6 Å². The molecule has 29 heavy (non-hydrogen) atoms. The van der Waals surface area contributed by atoms with Gasteiger partial charge >= 0.3 is 5.97 Å². The standard InChI is InChI=1S/C23H28O6/c1-3-6-19-21(12-11-18(23(19)27)20(24)4-2)29-14-5-13-28-17-9-7-16(8-10-17)15-22(25)26/h7-12,27H,3-6,13-15H2,1-2H3,(H,25,26). The van der Waals surface area contributed by atoms with Crippen LogP contribution in [-0.2, 0) is 17.6 Å². The van der Waals surface area contributed by atoms with Crippen molar-refractivity contribution in [2.75, 3.05) is 13.2 Å². The van der Waals surface area contributed by atoms with E-state index in [9.17, 15) is 14.7 Å². The van der Waals surface area contributed by atoms with Crippen molar-refractivity contribution in [1.29, 1.82) is 0 Å². The van der Waals surface area contributed by atoms with E-state index in [0.29, 0.717) is 55.1 Å². The number of phenolic OH excluding ortho intramolecular Hbond substituents is 1. The third-order valence-corrected chi connectivity index (χ3v) is 4.45. The highest BCUT2D eigenvalue weighted by atomic mass is 16.5. The fourth-order valence-corrected chi connectivity index (χ4v) is 2.97. The Morgan fingerprint density at radius 1 is 0.966 bits per heavy atom. The van der Waals surface area contributed by atoms with Crippen LogP contribution in [0.4, 0.5) is 0 Å². The number of carbonyl (C=O) groups is 2. The molecule has 0 aromatic heterocycles. The lowest BCUT2D eigenvalue weighted by Crippen LogP contribution is -2.07. The number of carboxylic acid groups (broad SMARTS) is 1. The molecule has 0 amide bonds. The summed E-state index contributed by atoms with van der Waals surface area (Å²) in [5, 5.41) is 19.2. The number of ketones is 1. The van der Waals surface area contributed by atoms with Gasteiger partial charge in [-0.05, 0) is 36.2 Å². The molecule has 0 aliphatic rings. The maximum atomic E-state index is 12.0. The summed E-state index contributed by atoms with van der Waals surface area (Å²) < 4.78 is 11.5. The second-order valence-electron chi connectivity index (χ2n) is 6.73. The Labute approximate surface area is 171 Å². The number of benzene rings is 2. The van der Waals surface area contributed by atoms with Crippen molar-refractivity contribution in [3.05, 3.63) is 53.1 Å². The molecule has 0 unspecified atom stereocenters. The molecular weight excluding hydrogens is 372 g/mol. The lowest BCUT2D eigenvalue weighted by molar-refractivity contribution is -0.136. The minimum Gasteiger partial charge on any atom is -0.507 e. The second kappa shape index (κ2) is 11.1. The van der Waals surface area contributed by atoms with E-state index in [1.807, 2.05) is 6.92 Å². The first-order chi connectivity index (χ1) is 14.0. The lowest BCUT2D eigenvalue weighted by Gasteiger charge is -2.15. The molecule has 2 N–H and O–H groups in total. The first-order valence-electron chi connectivity index (χ1n) is 9.90. The predicted molar refractivity (Wildman–Crippen MR) is 110 cm³/mol. The van der Waals surface area contributed by atoms with Gasteiger partial charge in [0.15, 0.2) is 5.78 Å². The van der Waals surface area contributed by atoms with Crippen LogP contribution in [0.1, 0.15) is 54.6 Å². The highest BCUT2D eigenvalue weighted by molar-refractivity contribution is 5.99. The van der Waals surface area contributed by atoms with Crippen LogP contribution in [0.15, 0.2) is 36.4 Å². The Morgan fingerprint density at radius 3 is 2.28 bits per heavy atom. The largest absolute Gasteiger partial charge is 0.507 e. The summed E-state index contributed by atoms with van der Waals surface area (Å²) in [6.45, 7) is 4.63. The predicted octanol–water partition coefficient (Wildman–Crippen LogP) is 4.41. The Kier molecular flexibility index (Phi) is 8.52. The number of aliphatic carboxylic acids is 1. The average Bonchev–Trinajstić information content (AvgIpc) is 2.70. The van der Waals surface area contributed by atoms with E-state index in [-0.39, 0.29) is 18.0 Å². The SMILES string of the molecule is CCCc1c(OCCCOc2ccc(CC(=O)O)cc2)ccc(C(=O)CC)c1O. The Bertz CT molecular complexity index is 826. The Balaban J connectivity index is 1.87. The van der Waals surface area contributed by atoms with E-state index >= 15 is 0 Å². The van der Waals surface area contributed by atoms with Gasteiger partial charge in [-0.3, -0.25) is 9.59 Å². The lowest BCUT2D eigenvalue weighted by atomic mass is 10.00. The van der Waals surface area contributed by atoms with Crippen molar-refractivity contribution in [2.45, 2.75) is 46.0 Å². The Hall–Kier alpha value is -3.02. The van der Waals surface area contributed by atoms with Crippen LogP contribution in [0.3, 0.4) is 0 Å². The smallest absolute Gasteiger partial charge is 0.307 e. The first kappa shape index (κ1) is 22.3. The monoisotopic (exact) mass is 400 g/mol. The first-order valence-corrected chi connectivity index (χ1v) is 9.90. The van der Waals surface area contributed by atoms with Gasteiger partial charge in [0.1, 0.15) is 17.2 Å². The van der Waals surface area contributed by atoms with Crippen molar-refractivity contribution in [2.24, 2.45) is 0 Å². The van der Waals surface area contributed by atoms with Crippen LogP contribution in [0.5, 0.6) is 17.2 Å². The number of rotatable bonds is 12. The summed E-state index contributed by atoms with van der Waals surface area (Å²) in [6.07, 6.45) is 2.43. The maximum absolute atomic E-state index is 12.0. The molecule has 156 valence electrons. The van der Waals surface area contributed by atoms with Crippen molar-refractivity contribution in [3.8, 4) is 17.2 Å². The molecule has 0 aliphatic carbocycles.